The molecule has 0 aromatic heterocycles. The molecule has 0 bridgehead atoms. The van der Waals surface area contributed by atoms with Crippen molar-refractivity contribution in [2.75, 3.05) is 13.7 Å². The van der Waals surface area contributed by atoms with Crippen LogP contribution >= 0.6 is 0 Å². The van der Waals surface area contributed by atoms with E-state index >= 15 is 0 Å². The highest BCUT2D eigenvalue weighted by molar-refractivity contribution is 5.86. The van der Waals surface area contributed by atoms with Gasteiger partial charge in [-0.05, 0) is 19.3 Å². The number of carbonyl (C=O) groups is 2. The van der Waals surface area contributed by atoms with Gasteiger partial charge in [-0.15, -0.1) is 0 Å². The van der Waals surface area contributed by atoms with Crippen LogP contribution in [0.2, 0.25) is 0 Å². The third kappa shape index (κ3) is 3.24. The van der Waals surface area contributed by atoms with Crippen molar-refractivity contribution in [3.8, 4) is 0 Å². The van der Waals surface area contributed by atoms with E-state index in [9.17, 15) is 9.59 Å². The molecule has 1 N–H and O–H groups in total. The van der Waals surface area contributed by atoms with Gasteiger partial charge in [0.25, 0.3) is 0 Å². The fourth-order valence-corrected chi connectivity index (χ4v) is 2.16. The van der Waals surface area contributed by atoms with E-state index in [1.807, 2.05) is 20.8 Å². The average molecular weight is 254 g/mol. The summed E-state index contributed by atoms with van der Waals surface area (Å²) in [5, 5.41) is 2.60. The number of amides is 2. The summed E-state index contributed by atoms with van der Waals surface area (Å²) < 4.78 is 4.55. The van der Waals surface area contributed by atoms with Crippen LogP contribution in [-0.4, -0.2) is 42.6 Å². The third-order valence-electron chi connectivity index (χ3n) is 3.18. The van der Waals surface area contributed by atoms with Gasteiger partial charge in [0.05, 0.1) is 7.11 Å². The van der Waals surface area contributed by atoms with E-state index in [0.29, 0.717) is 6.54 Å². The Labute approximate surface area is 108 Å². The van der Waals surface area contributed by atoms with Crippen molar-refractivity contribution in [3.05, 3.63) is 12.2 Å². The Hall–Kier alpha value is -1.52. The van der Waals surface area contributed by atoms with Crippen molar-refractivity contribution in [1.82, 2.24) is 10.2 Å². The Kier molecular flexibility index (Phi) is 4.76. The molecular formula is C13H22N2O3. The minimum Gasteiger partial charge on any atom is -0.453 e. The molecule has 1 heterocycles. The molecule has 1 saturated heterocycles. The predicted molar refractivity (Wildman–Crippen MR) is 69.1 cm³/mol. The van der Waals surface area contributed by atoms with Crippen molar-refractivity contribution >= 4 is 12.0 Å². The number of alkyl carbamates (subject to hydrolysis) is 1. The summed E-state index contributed by atoms with van der Waals surface area (Å²) in [5.41, 5.74) is 1.05. The molecule has 0 saturated carbocycles. The molecular weight excluding hydrogens is 232 g/mol. The van der Waals surface area contributed by atoms with Crippen LogP contribution in [0, 0.1) is 5.92 Å². The summed E-state index contributed by atoms with van der Waals surface area (Å²) in [6.45, 7) is 10.3. The molecule has 0 unspecified atom stereocenters. The van der Waals surface area contributed by atoms with E-state index in [0.717, 1.165) is 12.0 Å². The summed E-state index contributed by atoms with van der Waals surface area (Å²) in [4.78, 5) is 25.4. The molecule has 1 aliphatic rings. The van der Waals surface area contributed by atoms with Gasteiger partial charge in [0, 0.05) is 12.6 Å². The van der Waals surface area contributed by atoms with Crippen LogP contribution in [0.4, 0.5) is 4.79 Å². The van der Waals surface area contributed by atoms with Gasteiger partial charge in [0.15, 0.2) is 0 Å². The zero-order valence-corrected chi connectivity index (χ0v) is 11.5. The van der Waals surface area contributed by atoms with Crippen LogP contribution in [0.1, 0.15) is 27.2 Å². The molecule has 0 radical (unpaired) electrons. The van der Waals surface area contributed by atoms with Crippen LogP contribution in [0.15, 0.2) is 12.2 Å². The highest BCUT2D eigenvalue weighted by Crippen LogP contribution is 2.22. The van der Waals surface area contributed by atoms with Gasteiger partial charge >= 0.3 is 6.09 Å². The fraction of sp³-hybridized carbons (Fsp3) is 0.692. The van der Waals surface area contributed by atoms with Crippen LogP contribution in [-0.2, 0) is 9.53 Å². The van der Waals surface area contributed by atoms with Crippen molar-refractivity contribution in [2.24, 2.45) is 5.92 Å². The third-order valence-corrected chi connectivity index (χ3v) is 3.18. The lowest BCUT2D eigenvalue weighted by Gasteiger charge is -2.28. The summed E-state index contributed by atoms with van der Waals surface area (Å²) in [5.74, 6) is -0.0563. The van der Waals surface area contributed by atoms with Crippen LogP contribution in [0.5, 0.6) is 0 Å². The van der Waals surface area contributed by atoms with Crippen molar-refractivity contribution in [2.45, 2.75) is 39.3 Å². The van der Waals surface area contributed by atoms with E-state index in [1.165, 1.54) is 7.11 Å². The number of ether oxygens (including phenoxy) is 1. The van der Waals surface area contributed by atoms with Crippen molar-refractivity contribution < 1.29 is 14.3 Å². The lowest BCUT2D eigenvalue weighted by atomic mass is 10.0. The first-order valence-corrected chi connectivity index (χ1v) is 6.18. The topological polar surface area (TPSA) is 58.6 Å². The molecule has 5 heteroatoms. The number of hydrogen-bond acceptors (Lipinski definition) is 3. The summed E-state index contributed by atoms with van der Waals surface area (Å²) in [6, 6.07) is -0.406. The maximum absolute atomic E-state index is 12.4. The van der Waals surface area contributed by atoms with Crippen molar-refractivity contribution in [3.63, 3.8) is 0 Å². The molecule has 5 nitrogen and oxygen atoms in total. The van der Waals surface area contributed by atoms with E-state index < -0.39 is 12.1 Å². The second-order valence-electron chi connectivity index (χ2n) is 5.13. The van der Waals surface area contributed by atoms with Gasteiger partial charge in [-0.2, -0.15) is 0 Å². The average Bonchev–Trinajstić information content (AvgIpc) is 2.63. The maximum Gasteiger partial charge on any atom is 0.407 e. The summed E-state index contributed by atoms with van der Waals surface area (Å²) in [7, 11) is 1.29. The molecule has 0 aromatic rings. The molecule has 0 aromatic carbocycles. The van der Waals surface area contributed by atoms with Gasteiger partial charge in [-0.1, -0.05) is 26.0 Å². The standard InChI is InChI=1S/C13H22N2O3/c1-8(2)11(14-13(17)18-5)12(16)15-7-9(3)6-10(15)4/h8,10-11H,3,6-7H2,1-2,4-5H3,(H,14,17)/t10-,11+/m1/s1. The first-order chi connectivity index (χ1) is 8.36. The number of rotatable bonds is 3. The maximum atomic E-state index is 12.4. The van der Waals surface area contributed by atoms with Gasteiger partial charge in [0.1, 0.15) is 6.04 Å². The van der Waals surface area contributed by atoms with Gasteiger partial charge in [0.2, 0.25) is 5.91 Å². The lowest BCUT2D eigenvalue weighted by molar-refractivity contribution is -0.134. The zero-order valence-electron chi connectivity index (χ0n) is 11.5. The zero-order chi connectivity index (χ0) is 13.9. The van der Waals surface area contributed by atoms with Gasteiger partial charge in [-0.25, -0.2) is 4.79 Å². The first kappa shape index (κ1) is 14.5. The minimum atomic E-state index is -0.576. The number of likely N-dealkylation sites (tertiary alicyclic amines) is 1. The molecule has 2 amide bonds. The molecule has 0 spiro atoms. The molecule has 0 aliphatic carbocycles. The Bertz CT molecular complexity index is 352. The molecule has 1 fully saturated rings. The number of nitrogens with one attached hydrogen (secondary N) is 1. The largest absolute Gasteiger partial charge is 0.453 e. The Morgan fingerprint density at radius 1 is 1.50 bits per heavy atom. The first-order valence-electron chi connectivity index (χ1n) is 6.18. The lowest BCUT2D eigenvalue weighted by Crippen LogP contribution is -2.52. The summed E-state index contributed by atoms with van der Waals surface area (Å²) in [6.07, 6.45) is 0.252. The van der Waals surface area contributed by atoms with Crippen LogP contribution in [0.25, 0.3) is 0 Å². The van der Waals surface area contributed by atoms with E-state index in [2.05, 4.69) is 16.6 Å². The Morgan fingerprint density at radius 3 is 2.50 bits per heavy atom. The van der Waals surface area contributed by atoms with E-state index in [1.54, 1.807) is 4.90 Å². The molecule has 1 rings (SSSR count). The monoisotopic (exact) mass is 254 g/mol. The van der Waals surface area contributed by atoms with Crippen molar-refractivity contribution in [1.29, 1.82) is 0 Å². The highest BCUT2D eigenvalue weighted by Gasteiger charge is 2.34. The Morgan fingerprint density at radius 2 is 2.11 bits per heavy atom. The SMILES string of the molecule is C=C1C[C@@H](C)N(C(=O)[C@@H](NC(=O)OC)C(C)C)C1. The minimum absolute atomic E-state index is 0.0117. The summed E-state index contributed by atoms with van der Waals surface area (Å²) >= 11 is 0. The predicted octanol–water partition coefficient (Wildman–Crippen LogP) is 1.54. The van der Waals surface area contributed by atoms with E-state index in [4.69, 9.17) is 0 Å². The van der Waals surface area contributed by atoms with Crippen LogP contribution in [0.3, 0.4) is 0 Å². The fourth-order valence-electron chi connectivity index (χ4n) is 2.16. The molecule has 102 valence electrons. The second kappa shape index (κ2) is 5.89. The second-order valence-corrected chi connectivity index (χ2v) is 5.13. The molecule has 2 atom stereocenters. The molecule has 18 heavy (non-hydrogen) atoms. The smallest absolute Gasteiger partial charge is 0.407 e. The number of carbonyl (C=O) groups excluding carboxylic acids is 2. The van der Waals surface area contributed by atoms with Gasteiger partial charge in [-0.3, -0.25) is 4.79 Å². The van der Waals surface area contributed by atoms with Crippen LogP contribution < -0.4 is 5.32 Å². The highest BCUT2D eigenvalue weighted by atomic mass is 16.5. The number of methoxy groups -OCH3 is 1. The Balaban J connectivity index is 2.77. The molecule has 1 aliphatic heterocycles. The van der Waals surface area contributed by atoms with Gasteiger partial charge < -0.3 is 15.0 Å². The normalized spacial score (nSPS) is 21.1. The number of nitrogens with zero attached hydrogens (tertiary/aromatic N) is 1. The number of hydrogen-bond donors (Lipinski definition) is 1. The quantitative estimate of drug-likeness (QED) is 0.777. The van der Waals surface area contributed by atoms with E-state index in [-0.39, 0.29) is 17.9 Å².